The van der Waals surface area contributed by atoms with Gasteiger partial charge in [0.1, 0.15) is 0 Å². The zero-order valence-electron chi connectivity index (χ0n) is 11.6. The topological polar surface area (TPSA) is 24.5 Å². The van der Waals surface area contributed by atoms with E-state index in [1.807, 2.05) is 6.07 Å². The van der Waals surface area contributed by atoms with Crippen molar-refractivity contribution in [1.82, 2.24) is 10.2 Å². The van der Waals surface area contributed by atoms with E-state index < -0.39 is 6.67 Å². The Morgan fingerprint density at radius 2 is 2.05 bits per heavy atom. The molecular formula is C14H21ClF2N2O. The van der Waals surface area contributed by atoms with Crippen LogP contribution < -0.4 is 10.1 Å². The van der Waals surface area contributed by atoms with Gasteiger partial charge in [0.25, 0.3) is 0 Å². The van der Waals surface area contributed by atoms with E-state index in [0.717, 1.165) is 31.7 Å². The molecule has 0 spiro atoms. The van der Waals surface area contributed by atoms with Crippen molar-refractivity contribution in [2.24, 2.45) is 0 Å². The van der Waals surface area contributed by atoms with E-state index in [2.05, 4.69) is 10.2 Å². The van der Waals surface area contributed by atoms with Crippen LogP contribution in [0, 0.1) is 5.82 Å². The van der Waals surface area contributed by atoms with Gasteiger partial charge < -0.3 is 10.1 Å². The maximum Gasteiger partial charge on any atom is 0.165 e. The summed E-state index contributed by atoms with van der Waals surface area (Å²) < 4.78 is 31.8. The minimum absolute atomic E-state index is 0. The van der Waals surface area contributed by atoms with Crippen molar-refractivity contribution in [3.8, 4) is 5.75 Å². The summed E-state index contributed by atoms with van der Waals surface area (Å²) in [7, 11) is 1.45. The van der Waals surface area contributed by atoms with Gasteiger partial charge in [-0.1, -0.05) is 12.1 Å². The highest BCUT2D eigenvalue weighted by molar-refractivity contribution is 5.85. The van der Waals surface area contributed by atoms with Gasteiger partial charge in [0, 0.05) is 37.8 Å². The number of hydrogen-bond donors (Lipinski definition) is 1. The highest BCUT2D eigenvalue weighted by atomic mass is 35.5. The Morgan fingerprint density at radius 1 is 1.35 bits per heavy atom. The molecular weight excluding hydrogens is 286 g/mol. The van der Waals surface area contributed by atoms with E-state index >= 15 is 0 Å². The van der Waals surface area contributed by atoms with Gasteiger partial charge in [-0.25, -0.2) is 4.39 Å². The lowest BCUT2D eigenvalue weighted by molar-refractivity contribution is 0.154. The average molecular weight is 307 g/mol. The van der Waals surface area contributed by atoms with Crippen molar-refractivity contribution in [3.05, 3.63) is 29.6 Å². The van der Waals surface area contributed by atoms with Gasteiger partial charge in [-0.3, -0.25) is 9.29 Å². The molecule has 0 bridgehead atoms. The summed E-state index contributed by atoms with van der Waals surface area (Å²) in [5, 5.41) is 3.26. The summed E-state index contributed by atoms with van der Waals surface area (Å²) in [6.45, 7) is 3.00. The Balaban J connectivity index is 0.00000200. The van der Waals surface area contributed by atoms with Crippen molar-refractivity contribution in [3.63, 3.8) is 0 Å². The number of piperazine rings is 1. The molecule has 1 aromatic rings. The molecule has 1 saturated heterocycles. The predicted molar refractivity (Wildman–Crippen MR) is 78.0 cm³/mol. The second-order valence-electron chi connectivity index (χ2n) is 4.64. The number of methoxy groups -OCH3 is 1. The Labute approximate surface area is 124 Å². The first-order valence-electron chi connectivity index (χ1n) is 6.61. The number of para-hydroxylation sites is 1. The maximum absolute atomic E-state index is 13.8. The zero-order valence-corrected chi connectivity index (χ0v) is 12.4. The van der Waals surface area contributed by atoms with Crippen LogP contribution in [-0.2, 0) is 0 Å². The zero-order chi connectivity index (χ0) is 13.7. The average Bonchev–Trinajstić information content (AvgIpc) is 2.45. The Morgan fingerprint density at radius 3 is 2.65 bits per heavy atom. The van der Waals surface area contributed by atoms with Crippen molar-refractivity contribution < 1.29 is 13.5 Å². The lowest BCUT2D eigenvalue weighted by Crippen LogP contribution is -2.45. The van der Waals surface area contributed by atoms with E-state index in [0.29, 0.717) is 6.42 Å². The van der Waals surface area contributed by atoms with Crippen LogP contribution in [0.4, 0.5) is 8.78 Å². The van der Waals surface area contributed by atoms with E-state index in [9.17, 15) is 8.78 Å². The molecule has 1 fully saturated rings. The van der Waals surface area contributed by atoms with E-state index in [1.165, 1.54) is 13.2 Å². The standard InChI is InChI=1S/C14H20F2N2O.ClH/c1-19-14-11(3-2-4-12(14)16)13(5-6-15)18-9-7-17-8-10-18;/h2-4,13,17H,5-10H2,1H3;1H/t13-;/m0./s1. The molecule has 20 heavy (non-hydrogen) atoms. The van der Waals surface area contributed by atoms with E-state index in [1.54, 1.807) is 6.07 Å². The second kappa shape index (κ2) is 8.39. The molecule has 1 aliphatic heterocycles. The lowest BCUT2D eigenvalue weighted by Gasteiger charge is -2.35. The van der Waals surface area contributed by atoms with Gasteiger partial charge in [0.15, 0.2) is 11.6 Å². The third-order valence-corrected chi connectivity index (χ3v) is 3.54. The van der Waals surface area contributed by atoms with Crippen molar-refractivity contribution >= 4 is 12.4 Å². The van der Waals surface area contributed by atoms with Gasteiger partial charge >= 0.3 is 0 Å². The van der Waals surface area contributed by atoms with Crippen molar-refractivity contribution in [1.29, 1.82) is 0 Å². The molecule has 0 saturated carbocycles. The molecule has 0 aliphatic carbocycles. The molecule has 1 atom stereocenters. The number of ether oxygens (including phenoxy) is 1. The molecule has 0 amide bonds. The molecule has 1 aromatic carbocycles. The summed E-state index contributed by atoms with van der Waals surface area (Å²) >= 11 is 0. The molecule has 1 heterocycles. The van der Waals surface area contributed by atoms with Crippen LogP contribution in [0.3, 0.4) is 0 Å². The number of hydrogen-bond acceptors (Lipinski definition) is 3. The van der Waals surface area contributed by atoms with Gasteiger partial charge in [-0.2, -0.15) is 0 Å². The van der Waals surface area contributed by atoms with Crippen LogP contribution in [0.2, 0.25) is 0 Å². The molecule has 3 nitrogen and oxygen atoms in total. The number of benzene rings is 1. The largest absolute Gasteiger partial charge is 0.493 e. The SMILES string of the molecule is COc1c(F)cccc1[C@H](CCF)N1CCNCC1.Cl. The Bertz CT molecular complexity index is 414. The van der Waals surface area contributed by atoms with Gasteiger partial charge in [0.05, 0.1) is 13.8 Å². The Kier molecular flexibility index (Phi) is 7.19. The maximum atomic E-state index is 13.8. The number of alkyl halides is 1. The van der Waals surface area contributed by atoms with Crippen LogP contribution in [0.1, 0.15) is 18.0 Å². The first-order valence-corrected chi connectivity index (χ1v) is 6.61. The number of nitrogens with zero attached hydrogens (tertiary/aromatic N) is 1. The molecule has 2 rings (SSSR count). The fourth-order valence-corrected chi connectivity index (χ4v) is 2.64. The highest BCUT2D eigenvalue weighted by Crippen LogP contribution is 2.33. The summed E-state index contributed by atoms with van der Waals surface area (Å²) in [4.78, 5) is 2.19. The molecule has 0 unspecified atom stereocenters. The summed E-state index contributed by atoms with van der Waals surface area (Å²) in [5.74, 6) is -0.154. The Hall–Kier alpha value is -0.910. The van der Waals surface area contributed by atoms with Crippen LogP contribution in [-0.4, -0.2) is 44.9 Å². The van der Waals surface area contributed by atoms with Gasteiger partial charge in [-0.15, -0.1) is 12.4 Å². The summed E-state index contributed by atoms with van der Waals surface area (Å²) in [6, 6.07) is 4.72. The van der Waals surface area contributed by atoms with Crippen molar-refractivity contribution in [2.45, 2.75) is 12.5 Å². The second-order valence-corrected chi connectivity index (χ2v) is 4.64. The first-order chi connectivity index (χ1) is 9.27. The van der Waals surface area contributed by atoms with Gasteiger partial charge in [-0.05, 0) is 12.5 Å². The number of nitrogens with one attached hydrogen (secondary N) is 1. The van der Waals surface area contributed by atoms with E-state index in [4.69, 9.17) is 4.74 Å². The molecule has 0 aromatic heterocycles. The third kappa shape index (κ3) is 3.81. The van der Waals surface area contributed by atoms with Crippen molar-refractivity contribution in [2.75, 3.05) is 40.0 Å². The predicted octanol–water partition coefficient (Wildman–Crippen LogP) is 2.56. The van der Waals surface area contributed by atoms with Crippen LogP contribution in [0.25, 0.3) is 0 Å². The molecule has 1 aliphatic rings. The molecule has 1 N–H and O–H groups in total. The van der Waals surface area contributed by atoms with E-state index in [-0.39, 0.29) is 30.0 Å². The first kappa shape index (κ1) is 17.1. The summed E-state index contributed by atoms with van der Waals surface area (Å²) in [5.41, 5.74) is 0.738. The van der Waals surface area contributed by atoms with Crippen LogP contribution in [0.15, 0.2) is 18.2 Å². The molecule has 6 heteroatoms. The number of rotatable bonds is 5. The minimum Gasteiger partial charge on any atom is -0.493 e. The molecule has 114 valence electrons. The highest BCUT2D eigenvalue weighted by Gasteiger charge is 2.25. The fourth-order valence-electron chi connectivity index (χ4n) is 2.64. The molecule has 0 radical (unpaired) electrons. The third-order valence-electron chi connectivity index (χ3n) is 3.54. The minimum atomic E-state index is -0.422. The fraction of sp³-hybridized carbons (Fsp3) is 0.571. The smallest absolute Gasteiger partial charge is 0.165 e. The van der Waals surface area contributed by atoms with Crippen LogP contribution >= 0.6 is 12.4 Å². The monoisotopic (exact) mass is 306 g/mol. The summed E-state index contributed by atoms with van der Waals surface area (Å²) in [6.07, 6.45) is 0.361. The normalized spacial score (nSPS) is 17.4. The number of halogens is 3. The lowest BCUT2D eigenvalue weighted by atomic mass is 10.00. The quantitative estimate of drug-likeness (QED) is 0.905. The van der Waals surface area contributed by atoms with Crippen LogP contribution in [0.5, 0.6) is 5.75 Å². The van der Waals surface area contributed by atoms with Gasteiger partial charge in [0.2, 0.25) is 0 Å².